The van der Waals surface area contributed by atoms with Crippen molar-refractivity contribution in [1.29, 1.82) is 0 Å². The number of ketones is 1. The molecule has 0 aromatic heterocycles. The molecule has 0 aliphatic carbocycles. The fraction of sp³-hybridized carbons (Fsp3) is 0.241. The van der Waals surface area contributed by atoms with Crippen molar-refractivity contribution in [2.24, 2.45) is 0 Å². The number of amides is 1. The molecule has 0 spiro atoms. The van der Waals surface area contributed by atoms with Crippen LogP contribution in [0.2, 0.25) is 0 Å². The van der Waals surface area contributed by atoms with Crippen LogP contribution >= 0.6 is 0 Å². The molecule has 3 aromatic rings. The summed E-state index contributed by atoms with van der Waals surface area (Å²) in [5.74, 6) is -0.421. The van der Waals surface area contributed by atoms with Crippen LogP contribution in [0.1, 0.15) is 36.1 Å². The summed E-state index contributed by atoms with van der Waals surface area (Å²) >= 11 is 0. The Morgan fingerprint density at radius 3 is 2.11 bits per heavy atom. The second-order valence-corrected chi connectivity index (χ2v) is 8.41. The molecule has 4 rings (SSSR count). The van der Waals surface area contributed by atoms with E-state index in [4.69, 9.17) is 9.47 Å². The Labute approximate surface area is 205 Å². The van der Waals surface area contributed by atoms with Crippen LogP contribution in [0.4, 0.5) is 5.69 Å². The Bertz CT molecular complexity index is 1230. The number of aryl methyl sites for hydroxylation is 2. The maximum atomic E-state index is 13.5. The highest BCUT2D eigenvalue weighted by Crippen LogP contribution is 2.43. The van der Waals surface area contributed by atoms with E-state index in [0.29, 0.717) is 23.6 Å². The van der Waals surface area contributed by atoms with Gasteiger partial charge in [-0.3, -0.25) is 14.5 Å². The molecule has 0 fully saturated rings. The fourth-order valence-electron chi connectivity index (χ4n) is 4.38. The fourth-order valence-corrected chi connectivity index (χ4v) is 4.38. The topological polar surface area (TPSA) is 76.1 Å². The summed E-state index contributed by atoms with van der Waals surface area (Å²) in [6, 6.07) is 21.8. The van der Waals surface area contributed by atoms with Crippen molar-refractivity contribution in [1.82, 2.24) is 0 Å². The van der Waals surface area contributed by atoms with E-state index in [1.54, 1.807) is 18.2 Å². The molecule has 6 nitrogen and oxygen atoms in total. The number of rotatable bonds is 9. The van der Waals surface area contributed by atoms with Gasteiger partial charge < -0.3 is 14.6 Å². The highest BCUT2D eigenvalue weighted by molar-refractivity contribution is 6.16. The van der Waals surface area contributed by atoms with Crippen molar-refractivity contribution in [2.45, 2.75) is 32.2 Å². The molecule has 180 valence electrons. The maximum Gasteiger partial charge on any atom is 0.294 e. The highest BCUT2D eigenvalue weighted by Gasteiger charge is 2.44. The van der Waals surface area contributed by atoms with Crippen molar-refractivity contribution in [2.75, 3.05) is 19.1 Å². The van der Waals surface area contributed by atoms with Crippen molar-refractivity contribution in [3.63, 3.8) is 0 Å². The first kappa shape index (κ1) is 24.1. The van der Waals surface area contributed by atoms with Gasteiger partial charge in [-0.1, -0.05) is 61.5 Å². The summed E-state index contributed by atoms with van der Waals surface area (Å²) in [4.78, 5) is 28.3. The van der Waals surface area contributed by atoms with Crippen molar-refractivity contribution in [3.8, 4) is 11.5 Å². The van der Waals surface area contributed by atoms with Gasteiger partial charge in [0, 0.05) is 24.6 Å². The minimum Gasteiger partial charge on any atom is -0.503 e. The zero-order valence-corrected chi connectivity index (χ0v) is 20.2. The van der Waals surface area contributed by atoms with E-state index >= 15 is 0 Å². The lowest BCUT2D eigenvalue weighted by Crippen LogP contribution is -2.31. The zero-order chi connectivity index (χ0) is 24.9. The van der Waals surface area contributed by atoms with E-state index in [2.05, 4.69) is 6.92 Å². The number of aliphatic hydroxyl groups excluding tert-OH is 1. The SMILES string of the molecule is CCc1ccc(C2C(C(=O)CCc3ccccc3)=C(O)C(=O)N2c2cc(OC)cc(OC)c2)cc1. The van der Waals surface area contributed by atoms with Crippen LogP contribution in [-0.4, -0.2) is 31.0 Å². The molecule has 1 N–H and O–H groups in total. The summed E-state index contributed by atoms with van der Waals surface area (Å²) in [6.45, 7) is 2.06. The van der Waals surface area contributed by atoms with Crippen LogP contribution in [-0.2, 0) is 22.4 Å². The first-order chi connectivity index (χ1) is 17.0. The molecule has 1 heterocycles. The molecule has 0 saturated heterocycles. The van der Waals surface area contributed by atoms with Crippen LogP contribution in [0.15, 0.2) is 84.1 Å². The van der Waals surface area contributed by atoms with Crippen LogP contribution < -0.4 is 14.4 Å². The summed E-state index contributed by atoms with van der Waals surface area (Å²) < 4.78 is 10.8. The molecule has 1 amide bonds. The molecule has 0 bridgehead atoms. The number of ether oxygens (including phenoxy) is 2. The van der Waals surface area contributed by atoms with E-state index in [-0.39, 0.29) is 17.8 Å². The number of methoxy groups -OCH3 is 2. The third-order valence-electron chi connectivity index (χ3n) is 6.31. The highest BCUT2D eigenvalue weighted by atomic mass is 16.5. The van der Waals surface area contributed by atoms with Gasteiger partial charge in [0.1, 0.15) is 11.5 Å². The van der Waals surface area contributed by atoms with Crippen LogP contribution in [0.25, 0.3) is 0 Å². The van der Waals surface area contributed by atoms with Gasteiger partial charge in [0.25, 0.3) is 5.91 Å². The van der Waals surface area contributed by atoms with Gasteiger partial charge in [0.2, 0.25) is 0 Å². The van der Waals surface area contributed by atoms with Crippen LogP contribution in [0, 0.1) is 0 Å². The number of benzene rings is 3. The van der Waals surface area contributed by atoms with E-state index in [0.717, 1.165) is 23.1 Å². The number of carbonyl (C=O) groups is 2. The predicted molar refractivity (Wildman–Crippen MR) is 135 cm³/mol. The van der Waals surface area contributed by atoms with Crippen LogP contribution in [0.5, 0.6) is 11.5 Å². The molecular weight excluding hydrogens is 442 g/mol. The average Bonchev–Trinajstić information content (AvgIpc) is 3.17. The van der Waals surface area contributed by atoms with E-state index < -0.39 is 17.7 Å². The normalized spacial score (nSPS) is 15.5. The van der Waals surface area contributed by atoms with Gasteiger partial charge in [-0.15, -0.1) is 0 Å². The first-order valence-electron chi connectivity index (χ1n) is 11.6. The largest absolute Gasteiger partial charge is 0.503 e. The number of hydrogen-bond acceptors (Lipinski definition) is 5. The van der Waals surface area contributed by atoms with Gasteiger partial charge >= 0.3 is 0 Å². The molecule has 1 atom stereocenters. The van der Waals surface area contributed by atoms with Gasteiger partial charge in [-0.25, -0.2) is 0 Å². The van der Waals surface area contributed by atoms with E-state index in [1.807, 2.05) is 54.6 Å². The van der Waals surface area contributed by atoms with Crippen molar-refractivity contribution in [3.05, 3.63) is 101 Å². The first-order valence-corrected chi connectivity index (χ1v) is 11.6. The molecule has 35 heavy (non-hydrogen) atoms. The lowest BCUT2D eigenvalue weighted by molar-refractivity contribution is -0.118. The lowest BCUT2D eigenvalue weighted by atomic mass is 9.92. The molecule has 0 saturated carbocycles. The molecule has 0 radical (unpaired) electrons. The average molecular weight is 472 g/mol. The molecule has 1 aliphatic rings. The quantitative estimate of drug-likeness (QED) is 0.454. The van der Waals surface area contributed by atoms with Crippen LogP contribution in [0.3, 0.4) is 0 Å². The molecule has 3 aromatic carbocycles. The van der Waals surface area contributed by atoms with E-state index in [9.17, 15) is 14.7 Å². The van der Waals surface area contributed by atoms with E-state index in [1.165, 1.54) is 19.1 Å². The summed E-state index contributed by atoms with van der Waals surface area (Å²) in [5.41, 5.74) is 3.47. The molecule has 6 heteroatoms. The number of anilines is 1. The minimum absolute atomic E-state index is 0.108. The Kier molecular flexibility index (Phi) is 7.20. The molecule has 1 aliphatic heterocycles. The van der Waals surface area contributed by atoms with Crippen molar-refractivity contribution >= 4 is 17.4 Å². The third-order valence-corrected chi connectivity index (χ3v) is 6.31. The monoisotopic (exact) mass is 471 g/mol. The Hall–Kier alpha value is -4.06. The lowest BCUT2D eigenvalue weighted by Gasteiger charge is -2.27. The second kappa shape index (κ2) is 10.5. The molecule has 1 unspecified atom stereocenters. The number of carbonyl (C=O) groups excluding carboxylic acids is 2. The van der Waals surface area contributed by atoms with Crippen molar-refractivity contribution < 1.29 is 24.2 Å². The number of Topliss-reactive ketones (excluding diaryl/α,β-unsaturated/α-hetero) is 1. The maximum absolute atomic E-state index is 13.5. The predicted octanol–water partition coefficient (Wildman–Crippen LogP) is 5.37. The Morgan fingerprint density at radius 1 is 0.914 bits per heavy atom. The third kappa shape index (κ3) is 4.92. The number of hydrogen-bond donors (Lipinski definition) is 1. The summed E-state index contributed by atoms with van der Waals surface area (Å²) in [5, 5.41) is 10.9. The second-order valence-electron chi connectivity index (χ2n) is 8.41. The number of nitrogens with zero attached hydrogens (tertiary/aromatic N) is 1. The van der Waals surface area contributed by atoms with Gasteiger partial charge in [0.05, 0.1) is 31.5 Å². The van der Waals surface area contributed by atoms with Gasteiger partial charge in [0.15, 0.2) is 11.5 Å². The Balaban J connectivity index is 1.77. The summed E-state index contributed by atoms with van der Waals surface area (Å²) in [6.07, 6.45) is 1.55. The van der Waals surface area contributed by atoms with Gasteiger partial charge in [-0.05, 0) is 29.5 Å². The Morgan fingerprint density at radius 2 is 1.54 bits per heavy atom. The molecular formula is C29H29NO5. The standard InChI is InChI=1S/C29H29NO5/c1-4-19-10-13-21(14-11-19)27-26(25(31)15-12-20-8-6-5-7-9-20)28(32)29(33)30(27)22-16-23(34-2)18-24(17-22)35-3/h5-11,13-14,16-18,27,32H,4,12,15H2,1-3H3. The smallest absolute Gasteiger partial charge is 0.294 e. The van der Waals surface area contributed by atoms with Gasteiger partial charge in [-0.2, -0.15) is 0 Å². The minimum atomic E-state index is -0.770. The summed E-state index contributed by atoms with van der Waals surface area (Å²) in [7, 11) is 3.05. The zero-order valence-electron chi connectivity index (χ0n) is 20.2. The number of aliphatic hydroxyl groups is 1.